The maximum Gasteiger partial charge on any atom is 0.247 e. The van der Waals surface area contributed by atoms with Crippen LogP contribution >= 0.6 is 0 Å². The Bertz CT molecular complexity index is 722. The lowest BCUT2D eigenvalue weighted by molar-refractivity contribution is -0.127. The van der Waals surface area contributed by atoms with Crippen LogP contribution in [0.1, 0.15) is 43.0 Å². The highest BCUT2D eigenvalue weighted by Gasteiger charge is 2.24. The van der Waals surface area contributed by atoms with Crippen LogP contribution in [-0.2, 0) is 37.8 Å². The molecule has 23 heavy (non-hydrogen) atoms. The lowest BCUT2D eigenvalue weighted by atomic mass is 10.2. The number of carbonyl (C=O) groups is 1. The van der Waals surface area contributed by atoms with Crippen LogP contribution in [0.4, 0.5) is 0 Å². The van der Waals surface area contributed by atoms with Gasteiger partial charge in [-0.25, -0.2) is 0 Å². The predicted molar refractivity (Wildman–Crippen MR) is 87.6 cm³/mol. The Balaban J connectivity index is 1.85. The molecule has 2 aromatic rings. The number of aryl methyl sites for hydroxylation is 1. The number of aromatic nitrogens is 2. The molecule has 0 saturated heterocycles. The van der Waals surface area contributed by atoms with Gasteiger partial charge in [-0.3, -0.25) is 9.48 Å². The minimum absolute atomic E-state index is 0.00111. The number of rotatable bonds is 5. The molecule has 0 saturated carbocycles. The third kappa shape index (κ3) is 3.38. The van der Waals surface area contributed by atoms with E-state index in [0.717, 1.165) is 29.9 Å². The Hall–Kier alpha value is -2.30. The molecule has 5 nitrogen and oxygen atoms in total. The summed E-state index contributed by atoms with van der Waals surface area (Å²) in [6.45, 7) is 4.84. The van der Waals surface area contributed by atoms with Crippen LogP contribution in [-0.4, -0.2) is 20.6 Å². The average Bonchev–Trinajstić information content (AvgIpc) is 3.19. The van der Waals surface area contributed by atoms with E-state index in [1.165, 1.54) is 17.7 Å². The Morgan fingerprint density at radius 3 is 2.91 bits per heavy atom. The molecule has 0 aliphatic heterocycles. The molecular formula is C18H23N3O2. The van der Waals surface area contributed by atoms with E-state index in [4.69, 9.17) is 4.42 Å². The smallest absolute Gasteiger partial charge is 0.247 e. The summed E-state index contributed by atoms with van der Waals surface area (Å²) in [5.74, 6) is 0.784. The molecule has 2 aromatic heterocycles. The number of furan rings is 1. The largest absolute Gasteiger partial charge is 0.467 e. The second-order valence-electron chi connectivity index (χ2n) is 6.34. The summed E-state index contributed by atoms with van der Waals surface area (Å²) in [5, 5.41) is 4.63. The van der Waals surface area contributed by atoms with Gasteiger partial charge in [-0.05, 0) is 50.8 Å². The van der Waals surface area contributed by atoms with Gasteiger partial charge in [0.05, 0.1) is 25.0 Å². The highest BCUT2D eigenvalue weighted by molar-refractivity contribution is 5.88. The summed E-state index contributed by atoms with van der Waals surface area (Å²) in [4.78, 5) is 14.4. The van der Waals surface area contributed by atoms with Crippen LogP contribution in [0, 0.1) is 0 Å². The van der Waals surface area contributed by atoms with Gasteiger partial charge in [0, 0.05) is 18.8 Å². The minimum Gasteiger partial charge on any atom is -0.467 e. The fraction of sp³-hybridized carbons (Fsp3) is 0.444. The van der Waals surface area contributed by atoms with E-state index in [2.05, 4.69) is 5.10 Å². The Kier molecular flexibility index (Phi) is 4.37. The first kappa shape index (κ1) is 15.6. The molecule has 1 aliphatic rings. The topological polar surface area (TPSA) is 51.3 Å². The van der Waals surface area contributed by atoms with Crippen molar-refractivity contribution in [3.05, 3.63) is 52.8 Å². The van der Waals surface area contributed by atoms with Gasteiger partial charge in [-0.15, -0.1) is 0 Å². The lowest BCUT2D eigenvalue weighted by Crippen LogP contribution is -2.29. The normalized spacial score (nSPS) is 13.0. The van der Waals surface area contributed by atoms with Crippen molar-refractivity contribution >= 4 is 5.91 Å². The summed E-state index contributed by atoms with van der Waals surface area (Å²) < 4.78 is 7.38. The number of carbonyl (C=O) groups excluding carboxylic acids is 1. The number of fused-ring (bicyclic) bond motifs is 1. The molecule has 1 amide bonds. The zero-order chi connectivity index (χ0) is 16.4. The number of nitrogens with zero attached hydrogens (tertiary/aromatic N) is 3. The summed E-state index contributed by atoms with van der Waals surface area (Å²) >= 11 is 0. The van der Waals surface area contributed by atoms with Crippen molar-refractivity contribution in [3.8, 4) is 0 Å². The molecule has 0 unspecified atom stereocenters. The van der Waals surface area contributed by atoms with E-state index < -0.39 is 0 Å². The monoisotopic (exact) mass is 313 g/mol. The fourth-order valence-electron chi connectivity index (χ4n) is 3.15. The average molecular weight is 313 g/mol. The van der Waals surface area contributed by atoms with E-state index >= 15 is 0 Å². The van der Waals surface area contributed by atoms with Crippen LogP contribution in [0.5, 0.6) is 0 Å². The summed E-state index contributed by atoms with van der Waals surface area (Å²) in [7, 11) is 1.99. The van der Waals surface area contributed by atoms with Crippen molar-refractivity contribution in [1.29, 1.82) is 0 Å². The van der Waals surface area contributed by atoms with Crippen LogP contribution < -0.4 is 0 Å². The van der Waals surface area contributed by atoms with Crippen molar-refractivity contribution in [2.45, 2.75) is 46.2 Å². The molecule has 0 radical (unpaired) electrons. The van der Waals surface area contributed by atoms with E-state index in [0.29, 0.717) is 13.1 Å². The van der Waals surface area contributed by atoms with Crippen molar-refractivity contribution < 1.29 is 9.21 Å². The van der Waals surface area contributed by atoms with Crippen LogP contribution in [0.25, 0.3) is 0 Å². The third-order valence-corrected chi connectivity index (χ3v) is 4.19. The number of hydrogen-bond donors (Lipinski definition) is 0. The van der Waals surface area contributed by atoms with Gasteiger partial charge in [0.1, 0.15) is 5.76 Å². The maximum atomic E-state index is 12.6. The maximum absolute atomic E-state index is 12.6. The van der Waals surface area contributed by atoms with Gasteiger partial charge in [-0.2, -0.15) is 5.10 Å². The lowest BCUT2D eigenvalue weighted by Gasteiger charge is -2.20. The number of hydrogen-bond acceptors (Lipinski definition) is 3. The van der Waals surface area contributed by atoms with Gasteiger partial charge in [0.15, 0.2) is 0 Å². The van der Waals surface area contributed by atoms with E-state index in [1.54, 1.807) is 17.2 Å². The predicted octanol–water partition coefficient (Wildman–Crippen LogP) is 3.00. The van der Waals surface area contributed by atoms with Gasteiger partial charge in [0.2, 0.25) is 5.91 Å². The van der Waals surface area contributed by atoms with Crippen molar-refractivity contribution in [1.82, 2.24) is 14.7 Å². The molecule has 3 rings (SSSR count). The van der Waals surface area contributed by atoms with E-state index in [1.807, 2.05) is 37.7 Å². The zero-order valence-corrected chi connectivity index (χ0v) is 14.0. The molecule has 1 aliphatic carbocycles. The van der Waals surface area contributed by atoms with E-state index in [9.17, 15) is 4.79 Å². The SMILES string of the molecule is CC(C)=CC(=O)N(Cc1ccco1)Cc1nn(C)c2c1CCC2. The quantitative estimate of drug-likeness (QED) is 0.797. The number of allylic oxidation sites excluding steroid dienone is 1. The molecular weight excluding hydrogens is 290 g/mol. The first-order valence-corrected chi connectivity index (χ1v) is 8.04. The molecule has 2 heterocycles. The van der Waals surface area contributed by atoms with Crippen molar-refractivity contribution in [3.63, 3.8) is 0 Å². The molecule has 122 valence electrons. The standard InChI is InChI=1S/C18H23N3O2/c1-13(2)10-18(22)21(11-14-6-5-9-23-14)12-16-15-7-4-8-17(15)20(3)19-16/h5-6,9-10H,4,7-8,11-12H2,1-3H3. The molecule has 0 bridgehead atoms. The van der Waals surface area contributed by atoms with Crippen LogP contribution in [0.15, 0.2) is 34.5 Å². The highest BCUT2D eigenvalue weighted by Crippen LogP contribution is 2.26. The Morgan fingerprint density at radius 1 is 1.39 bits per heavy atom. The van der Waals surface area contributed by atoms with Gasteiger partial charge in [-0.1, -0.05) is 5.57 Å². The second kappa shape index (κ2) is 6.44. The molecule has 0 N–H and O–H groups in total. The minimum atomic E-state index is -0.00111. The Morgan fingerprint density at radius 2 is 2.22 bits per heavy atom. The third-order valence-electron chi connectivity index (χ3n) is 4.19. The van der Waals surface area contributed by atoms with Crippen LogP contribution in [0.2, 0.25) is 0 Å². The second-order valence-corrected chi connectivity index (χ2v) is 6.34. The van der Waals surface area contributed by atoms with Gasteiger partial charge < -0.3 is 9.32 Å². The van der Waals surface area contributed by atoms with Crippen molar-refractivity contribution in [2.24, 2.45) is 7.05 Å². The fourth-order valence-corrected chi connectivity index (χ4v) is 3.15. The molecule has 0 atom stereocenters. The van der Waals surface area contributed by atoms with E-state index in [-0.39, 0.29) is 5.91 Å². The Labute approximate surface area is 136 Å². The molecule has 0 aromatic carbocycles. The first-order chi connectivity index (χ1) is 11.0. The summed E-state index contributed by atoms with van der Waals surface area (Å²) in [6, 6.07) is 3.74. The van der Waals surface area contributed by atoms with Crippen LogP contribution in [0.3, 0.4) is 0 Å². The van der Waals surface area contributed by atoms with Crippen molar-refractivity contribution in [2.75, 3.05) is 0 Å². The summed E-state index contributed by atoms with van der Waals surface area (Å²) in [5.41, 5.74) is 4.64. The number of amides is 1. The van der Waals surface area contributed by atoms with Gasteiger partial charge in [0.25, 0.3) is 0 Å². The first-order valence-electron chi connectivity index (χ1n) is 8.04. The summed E-state index contributed by atoms with van der Waals surface area (Å²) in [6.07, 6.45) is 6.63. The molecule has 0 fully saturated rings. The zero-order valence-electron chi connectivity index (χ0n) is 14.0. The van der Waals surface area contributed by atoms with Gasteiger partial charge >= 0.3 is 0 Å². The molecule has 0 spiro atoms. The molecule has 5 heteroatoms. The highest BCUT2D eigenvalue weighted by atomic mass is 16.3.